The van der Waals surface area contributed by atoms with Gasteiger partial charge in [-0.05, 0) is 44.9 Å². The molecule has 0 aliphatic rings. The quantitative estimate of drug-likeness (QED) is 0.772. The number of hydrogen-bond donors (Lipinski definition) is 0. The van der Waals surface area contributed by atoms with Crippen molar-refractivity contribution in [2.45, 2.75) is 34.1 Å². The Kier molecular flexibility index (Phi) is 2.73. The van der Waals surface area contributed by atoms with Gasteiger partial charge in [0.05, 0.1) is 11.4 Å². The van der Waals surface area contributed by atoms with Crippen molar-refractivity contribution in [3.8, 4) is 5.82 Å². The van der Waals surface area contributed by atoms with Gasteiger partial charge in [0.15, 0.2) is 5.82 Å². The largest absolute Gasteiger partial charge is 0.217 e. The van der Waals surface area contributed by atoms with Crippen LogP contribution in [0.3, 0.4) is 0 Å². The van der Waals surface area contributed by atoms with Gasteiger partial charge in [0, 0.05) is 5.69 Å². The number of aromatic nitrogens is 4. The van der Waals surface area contributed by atoms with Crippen LogP contribution in [0.2, 0.25) is 0 Å². The van der Waals surface area contributed by atoms with Crippen molar-refractivity contribution >= 4 is 0 Å². The van der Waals surface area contributed by atoms with E-state index in [1.165, 1.54) is 5.56 Å². The second kappa shape index (κ2) is 4.04. The Hall–Kier alpha value is -1.71. The molecule has 16 heavy (non-hydrogen) atoms. The van der Waals surface area contributed by atoms with E-state index >= 15 is 0 Å². The van der Waals surface area contributed by atoms with Gasteiger partial charge in [-0.3, -0.25) is 0 Å². The maximum absolute atomic E-state index is 4.50. The summed E-state index contributed by atoms with van der Waals surface area (Å²) in [5.74, 6) is 0.783. The van der Waals surface area contributed by atoms with Gasteiger partial charge in [0.1, 0.15) is 0 Å². The fraction of sp³-hybridized carbons (Fsp3) is 0.417. The van der Waals surface area contributed by atoms with Crippen LogP contribution in [-0.4, -0.2) is 20.0 Å². The zero-order chi connectivity index (χ0) is 11.7. The van der Waals surface area contributed by atoms with Crippen LogP contribution in [-0.2, 0) is 6.42 Å². The maximum Gasteiger partial charge on any atom is 0.175 e. The third-order valence-electron chi connectivity index (χ3n) is 2.80. The lowest BCUT2D eigenvalue weighted by Gasteiger charge is -2.02. The zero-order valence-electron chi connectivity index (χ0n) is 10.2. The lowest BCUT2D eigenvalue weighted by Crippen LogP contribution is -2.03. The Labute approximate surface area is 95.3 Å². The molecule has 2 aromatic heterocycles. The smallest absolute Gasteiger partial charge is 0.175 e. The Bertz CT molecular complexity index is 496. The van der Waals surface area contributed by atoms with Gasteiger partial charge in [0.25, 0.3) is 0 Å². The third-order valence-corrected chi connectivity index (χ3v) is 2.80. The van der Waals surface area contributed by atoms with E-state index in [1.807, 2.05) is 30.7 Å². The van der Waals surface area contributed by atoms with Crippen molar-refractivity contribution in [2.75, 3.05) is 0 Å². The van der Waals surface area contributed by atoms with Crippen molar-refractivity contribution in [1.29, 1.82) is 0 Å². The highest BCUT2D eigenvalue weighted by Gasteiger charge is 2.11. The van der Waals surface area contributed by atoms with Crippen LogP contribution in [0.15, 0.2) is 12.1 Å². The highest BCUT2D eigenvalue weighted by Crippen LogP contribution is 2.16. The molecule has 0 aliphatic carbocycles. The van der Waals surface area contributed by atoms with Crippen LogP contribution in [0.25, 0.3) is 5.82 Å². The van der Waals surface area contributed by atoms with Crippen LogP contribution in [0.5, 0.6) is 0 Å². The fourth-order valence-corrected chi connectivity index (χ4v) is 1.91. The van der Waals surface area contributed by atoms with E-state index in [9.17, 15) is 0 Å². The number of rotatable bonds is 2. The Balaban J connectivity index is 2.52. The van der Waals surface area contributed by atoms with E-state index in [-0.39, 0.29) is 0 Å². The molecule has 0 N–H and O–H groups in total. The molecule has 0 aliphatic heterocycles. The summed E-state index contributed by atoms with van der Waals surface area (Å²) in [5, 5.41) is 12.7. The summed E-state index contributed by atoms with van der Waals surface area (Å²) < 4.78 is 1.86. The standard InChI is InChI=1S/C12H16N4/c1-5-11-9(3)15-16(10(11)4)12-7-6-8(2)13-14-12/h6-7H,5H2,1-4H3. The van der Waals surface area contributed by atoms with Crippen molar-refractivity contribution in [3.63, 3.8) is 0 Å². The van der Waals surface area contributed by atoms with Crippen LogP contribution in [0, 0.1) is 20.8 Å². The van der Waals surface area contributed by atoms with Gasteiger partial charge in [-0.2, -0.15) is 10.2 Å². The molecule has 0 unspecified atom stereocenters. The second-order valence-corrected chi connectivity index (χ2v) is 3.95. The molecule has 0 fully saturated rings. The van der Waals surface area contributed by atoms with Crippen molar-refractivity contribution in [3.05, 3.63) is 34.8 Å². The average Bonchev–Trinajstić information content (AvgIpc) is 2.55. The van der Waals surface area contributed by atoms with Gasteiger partial charge >= 0.3 is 0 Å². The van der Waals surface area contributed by atoms with E-state index in [1.54, 1.807) is 0 Å². The summed E-state index contributed by atoms with van der Waals surface area (Å²) in [5.41, 5.74) is 4.43. The van der Waals surface area contributed by atoms with Crippen LogP contribution in [0.1, 0.15) is 29.6 Å². The molecule has 2 aromatic rings. The highest BCUT2D eigenvalue weighted by molar-refractivity contribution is 5.31. The van der Waals surface area contributed by atoms with E-state index in [2.05, 4.69) is 29.1 Å². The van der Waals surface area contributed by atoms with Gasteiger partial charge in [-0.1, -0.05) is 6.92 Å². The summed E-state index contributed by atoms with van der Waals surface area (Å²) >= 11 is 0. The predicted molar refractivity (Wildman–Crippen MR) is 62.7 cm³/mol. The molecule has 0 bridgehead atoms. The van der Waals surface area contributed by atoms with Crippen molar-refractivity contribution in [2.24, 2.45) is 0 Å². The summed E-state index contributed by atoms with van der Waals surface area (Å²) in [7, 11) is 0. The molecule has 2 rings (SSSR count). The fourth-order valence-electron chi connectivity index (χ4n) is 1.91. The molecule has 84 valence electrons. The first kappa shape index (κ1) is 10.8. The molecular formula is C12H16N4. The van der Waals surface area contributed by atoms with E-state index < -0.39 is 0 Å². The summed E-state index contributed by atoms with van der Waals surface area (Å²) in [6.45, 7) is 8.17. The maximum atomic E-state index is 4.50. The lowest BCUT2D eigenvalue weighted by molar-refractivity contribution is 0.775. The molecule has 0 saturated heterocycles. The normalized spacial score (nSPS) is 10.8. The number of hydrogen-bond acceptors (Lipinski definition) is 3. The van der Waals surface area contributed by atoms with Gasteiger partial charge in [-0.25, -0.2) is 4.68 Å². The SMILES string of the molecule is CCc1c(C)nn(-c2ccc(C)nn2)c1C. The summed E-state index contributed by atoms with van der Waals surface area (Å²) in [4.78, 5) is 0. The topological polar surface area (TPSA) is 43.6 Å². The average molecular weight is 216 g/mol. The van der Waals surface area contributed by atoms with Crippen molar-refractivity contribution in [1.82, 2.24) is 20.0 Å². The number of nitrogens with zero attached hydrogens (tertiary/aromatic N) is 4. The summed E-state index contributed by atoms with van der Waals surface area (Å²) in [6.07, 6.45) is 0.997. The lowest BCUT2D eigenvalue weighted by atomic mass is 10.1. The van der Waals surface area contributed by atoms with Crippen LogP contribution < -0.4 is 0 Å². The number of aryl methyl sites for hydroxylation is 2. The molecular weight excluding hydrogens is 200 g/mol. The van der Waals surface area contributed by atoms with E-state index in [0.717, 1.165) is 29.3 Å². The Morgan fingerprint density at radius 2 is 1.88 bits per heavy atom. The van der Waals surface area contributed by atoms with Gasteiger partial charge in [-0.15, -0.1) is 5.10 Å². The van der Waals surface area contributed by atoms with Gasteiger partial charge < -0.3 is 0 Å². The third kappa shape index (κ3) is 1.71. The van der Waals surface area contributed by atoms with Gasteiger partial charge in [0.2, 0.25) is 0 Å². The second-order valence-electron chi connectivity index (χ2n) is 3.95. The minimum absolute atomic E-state index is 0.783. The molecule has 4 nitrogen and oxygen atoms in total. The molecule has 0 amide bonds. The minimum atomic E-state index is 0.783. The molecule has 2 heterocycles. The first-order valence-corrected chi connectivity index (χ1v) is 5.49. The Morgan fingerprint density at radius 3 is 2.38 bits per heavy atom. The first-order valence-electron chi connectivity index (χ1n) is 5.49. The van der Waals surface area contributed by atoms with Crippen LogP contribution in [0.4, 0.5) is 0 Å². The first-order chi connectivity index (χ1) is 7.63. The molecule has 0 spiro atoms. The molecule has 4 heteroatoms. The van der Waals surface area contributed by atoms with Crippen molar-refractivity contribution < 1.29 is 0 Å². The summed E-state index contributed by atoms with van der Waals surface area (Å²) in [6, 6.07) is 3.89. The predicted octanol–water partition coefficient (Wildman–Crippen LogP) is 2.15. The highest BCUT2D eigenvalue weighted by atomic mass is 15.3. The van der Waals surface area contributed by atoms with Crippen LogP contribution >= 0.6 is 0 Å². The van der Waals surface area contributed by atoms with E-state index in [4.69, 9.17) is 0 Å². The Morgan fingerprint density at radius 1 is 1.12 bits per heavy atom. The molecule has 0 aromatic carbocycles. The molecule has 0 atom stereocenters. The minimum Gasteiger partial charge on any atom is -0.217 e. The van der Waals surface area contributed by atoms with E-state index in [0.29, 0.717) is 0 Å². The molecule has 0 saturated carbocycles. The zero-order valence-corrected chi connectivity index (χ0v) is 10.2. The monoisotopic (exact) mass is 216 g/mol. The molecule has 0 radical (unpaired) electrons.